The van der Waals surface area contributed by atoms with Gasteiger partial charge in [-0.25, -0.2) is 4.98 Å². The molecule has 3 heterocycles. The predicted octanol–water partition coefficient (Wildman–Crippen LogP) is 6.61. The molecule has 0 saturated heterocycles. The van der Waals surface area contributed by atoms with E-state index in [1.54, 1.807) is 6.20 Å². The standard InChI is InChI=1S/C26H23ClN4/c1-19-3-2-15-30(16-13-19)18-20-4-6-21(7-5-20)26-29-24-12-14-28-17-25(24)31(26)23-10-8-22(27)9-11-23/h2,4-17,19H,3,18H2,1H3. The van der Waals surface area contributed by atoms with Gasteiger partial charge in [0.2, 0.25) is 0 Å². The van der Waals surface area contributed by atoms with Crippen molar-refractivity contribution >= 4 is 22.6 Å². The predicted molar refractivity (Wildman–Crippen MR) is 127 cm³/mol. The Bertz CT molecular complexity index is 1250. The lowest BCUT2D eigenvalue weighted by molar-refractivity contribution is 0.501. The van der Waals surface area contributed by atoms with E-state index >= 15 is 0 Å². The van der Waals surface area contributed by atoms with E-state index in [2.05, 4.69) is 70.2 Å². The molecule has 154 valence electrons. The van der Waals surface area contributed by atoms with Crippen LogP contribution in [-0.2, 0) is 6.54 Å². The number of fused-ring (bicyclic) bond motifs is 1. The Labute approximate surface area is 187 Å². The number of rotatable bonds is 4. The molecular formula is C26H23ClN4. The number of benzene rings is 2. The highest BCUT2D eigenvalue weighted by molar-refractivity contribution is 6.30. The van der Waals surface area contributed by atoms with Crippen molar-refractivity contribution in [1.29, 1.82) is 0 Å². The van der Waals surface area contributed by atoms with Crippen LogP contribution < -0.4 is 0 Å². The number of halogens is 1. The van der Waals surface area contributed by atoms with Gasteiger partial charge in [-0.2, -0.15) is 0 Å². The van der Waals surface area contributed by atoms with Gasteiger partial charge in [0.15, 0.2) is 0 Å². The first-order valence-electron chi connectivity index (χ1n) is 10.5. The minimum atomic E-state index is 0.582. The monoisotopic (exact) mass is 426 g/mol. The zero-order valence-corrected chi connectivity index (χ0v) is 18.1. The van der Waals surface area contributed by atoms with E-state index in [4.69, 9.17) is 16.6 Å². The maximum atomic E-state index is 6.11. The van der Waals surface area contributed by atoms with Crippen LogP contribution in [0.2, 0.25) is 5.02 Å². The first-order chi connectivity index (χ1) is 15.2. The molecule has 1 aliphatic rings. The minimum absolute atomic E-state index is 0.582. The zero-order valence-electron chi connectivity index (χ0n) is 17.3. The van der Waals surface area contributed by atoms with Crippen LogP contribution in [0.3, 0.4) is 0 Å². The Morgan fingerprint density at radius 2 is 1.81 bits per heavy atom. The van der Waals surface area contributed by atoms with Crippen molar-refractivity contribution in [3.8, 4) is 17.1 Å². The van der Waals surface area contributed by atoms with Gasteiger partial charge in [-0.15, -0.1) is 0 Å². The summed E-state index contributed by atoms with van der Waals surface area (Å²) < 4.78 is 2.13. The van der Waals surface area contributed by atoms with Crippen molar-refractivity contribution in [1.82, 2.24) is 19.4 Å². The first kappa shape index (κ1) is 19.6. The Morgan fingerprint density at radius 1 is 1.00 bits per heavy atom. The van der Waals surface area contributed by atoms with Crippen molar-refractivity contribution in [3.05, 3.63) is 102 Å². The Kier molecular flexibility index (Phi) is 5.31. The number of aromatic nitrogens is 3. The smallest absolute Gasteiger partial charge is 0.145 e. The fraction of sp³-hybridized carbons (Fsp3) is 0.154. The first-order valence-corrected chi connectivity index (χ1v) is 10.8. The van der Waals surface area contributed by atoms with Crippen molar-refractivity contribution in [3.63, 3.8) is 0 Å². The molecule has 0 N–H and O–H groups in total. The van der Waals surface area contributed by atoms with Gasteiger partial charge in [0.05, 0.1) is 17.2 Å². The van der Waals surface area contributed by atoms with Gasteiger partial charge in [-0.05, 0) is 54.4 Å². The molecule has 31 heavy (non-hydrogen) atoms. The lowest BCUT2D eigenvalue weighted by atomic mass is 10.1. The SMILES string of the molecule is CC1C=CN(Cc2ccc(-c3nc4ccncc4n3-c3ccc(Cl)cc3)cc2)C=CC1. The second-order valence-electron chi connectivity index (χ2n) is 7.92. The lowest BCUT2D eigenvalue weighted by Crippen LogP contribution is -2.08. The highest BCUT2D eigenvalue weighted by atomic mass is 35.5. The molecule has 0 fully saturated rings. The van der Waals surface area contributed by atoms with Crippen LogP contribution in [0, 0.1) is 5.92 Å². The van der Waals surface area contributed by atoms with Gasteiger partial charge in [-0.1, -0.05) is 54.9 Å². The maximum absolute atomic E-state index is 6.11. The molecule has 4 nitrogen and oxygen atoms in total. The van der Waals surface area contributed by atoms with E-state index < -0.39 is 0 Å². The van der Waals surface area contributed by atoms with E-state index in [0.29, 0.717) is 10.9 Å². The molecule has 0 amide bonds. The molecule has 0 aliphatic carbocycles. The molecule has 1 unspecified atom stereocenters. The molecule has 0 spiro atoms. The summed E-state index contributed by atoms with van der Waals surface area (Å²) in [5.74, 6) is 1.47. The molecule has 0 bridgehead atoms. The van der Waals surface area contributed by atoms with Crippen molar-refractivity contribution in [2.75, 3.05) is 0 Å². The van der Waals surface area contributed by atoms with E-state index in [1.807, 2.05) is 36.5 Å². The number of imidazole rings is 1. The van der Waals surface area contributed by atoms with Crippen LogP contribution in [0.4, 0.5) is 0 Å². The van der Waals surface area contributed by atoms with Crippen LogP contribution >= 0.6 is 11.6 Å². The Hall–Kier alpha value is -3.37. The topological polar surface area (TPSA) is 34.0 Å². The number of pyridine rings is 1. The number of nitrogens with zero attached hydrogens (tertiary/aromatic N) is 4. The molecule has 2 aromatic heterocycles. The van der Waals surface area contributed by atoms with E-state index in [9.17, 15) is 0 Å². The lowest BCUT2D eigenvalue weighted by Gasteiger charge is -2.15. The molecule has 1 atom stereocenters. The quantitative estimate of drug-likeness (QED) is 0.368. The third-order valence-corrected chi connectivity index (χ3v) is 5.78. The van der Waals surface area contributed by atoms with Gasteiger partial charge in [0.25, 0.3) is 0 Å². The fourth-order valence-electron chi connectivity index (χ4n) is 3.84. The van der Waals surface area contributed by atoms with Crippen molar-refractivity contribution in [2.24, 2.45) is 5.92 Å². The summed E-state index contributed by atoms with van der Waals surface area (Å²) in [5, 5.41) is 0.711. The highest BCUT2D eigenvalue weighted by Gasteiger charge is 2.14. The van der Waals surface area contributed by atoms with Gasteiger partial charge in [-0.3, -0.25) is 9.55 Å². The van der Waals surface area contributed by atoms with Crippen LogP contribution in [0.5, 0.6) is 0 Å². The molecule has 5 rings (SSSR count). The highest BCUT2D eigenvalue weighted by Crippen LogP contribution is 2.29. The minimum Gasteiger partial charge on any atom is -0.351 e. The van der Waals surface area contributed by atoms with Crippen LogP contribution in [-0.4, -0.2) is 19.4 Å². The summed E-state index contributed by atoms with van der Waals surface area (Å²) in [5.41, 5.74) is 5.21. The molecule has 0 radical (unpaired) electrons. The molecule has 1 aliphatic heterocycles. The van der Waals surface area contributed by atoms with Crippen molar-refractivity contribution in [2.45, 2.75) is 19.9 Å². The number of hydrogen-bond acceptors (Lipinski definition) is 3. The van der Waals surface area contributed by atoms with Gasteiger partial charge >= 0.3 is 0 Å². The third-order valence-electron chi connectivity index (χ3n) is 5.53. The van der Waals surface area contributed by atoms with Crippen LogP contribution in [0.25, 0.3) is 28.1 Å². The number of hydrogen-bond donors (Lipinski definition) is 0. The zero-order chi connectivity index (χ0) is 21.2. The van der Waals surface area contributed by atoms with Gasteiger partial charge < -0.3 is 4.90 Å². The number of allylic oxidation sites excluding steroid dienone is 2. The van der Waals surface area contributed by atoms with E-state index in [1.165, 1.54) is 5.56 Å². The fourth-order valence-corrected chi connectivity index (χ4v) is 3.97. The molecule has 2 aromatic carbocycles. The molecule has 0 saturated carbocycles. The van der Waals surface area contributed by atoms with E-state index in [-0.39, 0.29) is 0 Å². The summed E-state index contributed by atoms with van der Waals surface area (Å²) in [6.45, 7) is 3.08. The average molecular weight is 427 g/mol. The maximum Gasteiger partial charge on any atom is 0.145 e. The summed E-state index contributed by atoms with van der Waals surface area (Å²) in [7, 11) is 0. The normalized spacial score (nSPS) is 16.1. The summed E-state index contributed by atoms with van der Waals surface area (Å²) in [6, 6.07) is 18.4. The summed E-state index contributed by atoms with van der Waals surface area (Å²) >= 11 is 6.11. The van der Waals surface area contributed by atoms with E-state index in [0.717, 1.165) is 41.1 Å². The summed E-state index contributed by atoms with van der Waals surface area (Å²) in [4.78, 5) is 11.4. The molecular weight excluding hydrogens is 404 g/mol. The average Bonchev–Trinajstić information content (AvgIpc) is 3.06. The van der Waals surface area contributed by atoms with Gasteiger partial charge in [0, 0.05) is 35.2 Å². The summed E-state index contributed by atoms with van der Waals surface area (Å²) in [6.07, 6.45) is 13.6. The van der Waals surface area contributed by atoms with Gasteiger partial charge in [0.1, 0.15) is 5.82 Å². The largest absolute Gasteiger partial charge is 0.351 e. The third kappa shape index (κ3) is 4.12. The molecule has 5 heteroatoms. The van der Waals surface area contributed by atoms with Crippen LogP contribution in [0.1, 0.15) is 18.9 Å². The van der Waals surface area contributed by atoms with Crippen molar-refractivity contribution < 1.29 is 0 Å². The van der Waals surface area contributed by atoms with Crippen LogP contribution in [0.15, 0.2) is 91.5 Å². The Morgan fingerprint density at radius 3 is 2.61 bits per heavy atom. The second kappa shape index (κ2) is 8.40. The Balaban J connectivity index is 1.50. The second-order valence-corrected chi connectivity index (χ2v) is 8.36. The molecule has 4 aromatic rings.